The van der Waals surface area contributed by atoms with E-state index in [2.05, 4.69) is 17.3 Å². The summed E-state index contributed by atoms with van der Waals surface area (Å²) >= 11 is 1.82. The van der Waals surface area contributed by atoms with Gasteiger partial charge in [-0.25, -0.2) is 4.98 Å². The molecule has 0 bridgehead atoms. The van der Waals surface area contributed by atoms with Crippen molar-refractivity contribution in [1.29, 1.82) is 0 Å². The van der Waals surface area contributed by atoms with E-state index >= 15 is 0 Å². The summed E-state index contributed by atoms with van der Waals surface area (Å²) in [6, 6.07) is 0. The van der Waals surface area contributed by atoms with Crippen LogP contribution in [0.4, 0.5) is 0 Å². The molecule has 1 aliphatic rings. The maximum absolute atomic E-state index is 5.51. The normalized spacial score (nSPS) is 27.0. The topological polar surface area (TPSA) is 38.9 Å². The molecule has 0 aromatic carbocycles. The van der Waals surface area contributed by atoms with Crippen LogP contribution in [0.25, 0.3) is 0 Å². The van der Waals surface area contributed by atoms with Gasteiger partial charge in [0.2, 0.25) is 0 Å². The van der Waals surface area contributed by atoms with Gasteiger partial charge in [0.15, 0.2) is 0 Å². The molecule has 14 heavy (non-hydrogen) atoms. The van der Waals surface area contributed by atoms with Gasteiger partial charge in [-0.05, 0) is 25.3 Å². The van der Waals surface area contributed by atoms with E-state index in [-0.39, 0.29) is 0 Å². The van der Waals surface area contributed by atoms with E-state index in [0.717, 1.165) is 18.3 Å². The molecule has 1 saturated carbocycles. The third-order valence-electron chi connectivity index (χ3n) is 3.01. The second-order valence-corrected chi connectivity index (χ2v) is 5.22. The van der Waals surface area contributed by atoms with E-state index in [4.69, 9.17) is 5.73 Å². The van der Waals surface area contributed by atoms with Gasteiger partial charge in [-0.1, -0.05) is 13.3 Å². The highest BCUT2D eigenvalue weighted by molar-refractivity contribution is 7.09. The second kappa shape index (κ2) is 4.41. The van der Waals surface area contributed by atoms with Crippen molar-refractivity contribution in [2.75, 3.05) is 6.54 Å². The van der Waals surface area contributed by atoms with Crippen molar-refractivity contribution in [3.63, 3.8) is 0 Å². The molecule has 1 aromatic heterocycles. The fraction of sp³-hybridized carbons (Fsp3) is 0.727. The number of nitrogens with two attached hydrogens (primary N) is 1. The molecule has 3 heteroatoms. The fourth-order valence-electron chi connectivity index (χ4n) is 2.20. The average Bonchev–Trinajstić information content (AvgIpc) is 2.74. The Hall–Kier alpha value is -0.410. The number of hydrogen-bond acceptors (Lipinski definition) is 3. The Bertz CT molecular complexity index is 295. The molecular weight excluding hydrogens is 192 g/mol. The molecule has 0 saturated heterocycles. The lowest BCUT2D eigenvalue weighted by Gasteiger charge is -2.04. The van der Waals surface area contributed by atoms with Crippen LogP contribution >= 0.6 is 11.3 Å². The maximum atomic E-state index is 5.51. The molecule has 2 atom stereocenters. The third-order valence-corrected chi connectivity index (χ3v) is 4.07. The van der Waals surface area contributed by atoms with Crippen molar-refractivity contribution in [3.05, 3.63) is 16.1 Å². The quantitative estimate of drug-likeness (QED) is 0.832. The van der Waals surface area contributed by atoms with Crippen LogP contribution in [-0.2, 0) is 6.42 Å². The number of hydrogen-bond donors (Lipinski definition) is 1. The highest BCUT2D eigenvalue weighted by Crippen LogP contribution is 2.38. The number of nitrogens with zero attached hydrogens (tertiary/aromatic N) is 1. The second-order valence-electron chi connectivity index (χ2n) is 4.33. The largest absolute Gasteiger partial charge is 0.330 e. The lowest BCUT2D eigenvalue weighted by molar-refractivity contribution is 0.595. The maximum Gasteiger partial charge on any atom is 0.0959 e. The zero-order valence-corrected chi connectivity index (χ0v) is 9.52. The van der Waals surface area contributed by atoms with Crippen LogP contribution < -0.4 is 5.73 Å². The van der Waals surface area contributed by atoms with Gasteiger partial charge in [-0.3, -0.25) is 0 Å². The van der Waals surface area contributed by atoms with E-state index in [1.807, 2.05) is 11.3 Å². The first kappa shape index (κ1) is 10.1. The minimum atomic E-state index is 0.713. The predicted molar refractivity (Wildman–Crippen MR) is 60.6 cm³/mol. The smallest absolute Gasteiger partial charge is 0.0959 e. The van der Waals surface area contributed by atoms with E-state index in [1.54, 1.807) is 0 Å². The number of rotatable bonds is 3. The van der Waals surface area contributed by atoms with E-state index in [9.17, 15) is 0 Å². The standard InChI is InChI=1S/C11H18N2S/c1-8-2-3-9(6-8)11-13-10(4-5-12)7-14-11/h7-9H,2-6,12H2,1H3. The molecule has 1 fully saturated rings. The van der Waals surface area contributed by atoms with Crippen molar-refractivity contribution in [2.45, 2.75) is 38.5 Å². The first-order valence-corrected chi connectivity index (χ1v) is 6.32. The highest BCUT2D eigenvalue weighted by Gasteiger charge is 2.24. The summed E-state index contributed by atoms with van der Waals surface area (Å²) in [5.41, 5.74) is 6.70. The van der Waals surface area contributed by atoms with Gasteiger partial charge in [0, 0.05) is 17.7 Å². The molecule has 2 unspecified atom stereocenters. The van der Waals surface area contributed by atoms with Crippen molar-refractivity contribution < 1.29 is 0 Å². The molecule has 0 amide bonds. The Balaban J connectivity index is 2.02. The molecule has 0 spiro atoms. The summed E-state index contributed by atoms with van der Waals surface area (Å²) in [5, 5.41) is 3.52. The van der Waals surface area contributed by atoms with Crippen molar-refractivity contribution in [1.82, 2.24) is 4.98 Å². The van der Waals surface area contributed by atoms with Crippen LogP contribution in [-0.4, -0.2) is 11.5 Å². The average molecular weight is 210 g/mol. The summed E-state index contributed by atoms with van der Waals surface area (Å²) in [4.78, 5) is 4.65. The van der Waals surface area contributed by atoms with Crippen LogP contribution in [0.1, 0.15) is 42.8 Å². The Morgan fingerprint density at radius 1 is 1.57 bits per heavy atom. The summed E-state index contributed by atoms with van der Waals surface area (Å²) in [7, 11) is 0. The SMILES string of the molecule is CC1CCC(c2nc(CCN)cs2)C1. The first-order chi connectivity index (χ1) is 6.79. The molecule has 2 N–H and O–H groups in total. The molecular formula is C11H18N2S. The number of thiazole rings is 1. The van der Waals surface area contributed by atoms with Gasteiger partial charge >= 0.3 is 0 Å². The zero-order chi connectivity index (χ0) is 9.97. The monoisotopic (exact) mass is 210 g/mol. The van der Waals surface area contributed by atoms with Crippen molar-refractivity contribution in [2.24, 2.45) is 11.7 Å². The Morgan fingerprint density at radius 2 is 2.43 bits per heavy atom. The van der Waals surface area contributed by atoms with Gasteiger partial charge < -0.3 is 5.73 Å². The third kappa shape index (κ3) is 2.15. The lowest BCUT2D eigenvalue weighted by atomic mass is 10.1. The highest BCUT2D eigenvalue weighted by atomic mass is 32.1. The predicted octanol–water partition coefficient (Wildman–Crippen LogP) is 2.55. The van der Waals surface area contributed by atoms with Crippen LogP contribution in [0.5, 0.6) is 0 Å². The van der Waals surface area contributed by atoms with Crippen LogP contribution in [0, 0.1) is 5.92 Å². The zero-order valence-electron chi connectivity index (χ0n) is 8.70. The van der Waals surface area contributed by atoms with Crippen molar-refractivity contribution >= 4 is 11.3 Å². The van der Waals surface area contributed by atoms with Crippen LogP contribution in [0.3, 0.4) is 0 Å². The summed E-state index contributed by atoms with van der Waals surface area (Å²) in [5.74, 6) is 1.63. The Labute approximate surface area is 89.5 Å². The van der Waals surface area contributed by atoms with Gasteiger partial charge in [0.1, 0.15) is 0 Å². The molecule has 1 aliphatic carbocycles. The molecule has 2 rings (SSSR count). The molecule has 78 valence electrons. The van der Waals surface area contributed by atoms with E-state index in [0.29, 0.717) is 6.54 Å². The fourth-order valence-corrected chi connectivity index (χ4v) is 3.21. The lowest BCUT2D eigenvalue weighted by Crippen LogP contribution is -2.03. The molecule has 0 radical (unpaired) electrons. The Morgan fingerprint density at radius 3 is 3.07 bits per heavy atom. The van der Waals surface area contributed by atoms with E-state index < -0.39 is 0 Å². The Kier molecular flexibility index (Phi) is 3.19. The molecule has 0 aliphatic heterocycles. The van der Waals surface area contributed by atoms with Gasteiger partial charge in [-0.2, -0.15) is 0 Å². The first-order valence-electron chi connectivity index (χ1n) is 5.44. The van der Waals surface area contributed by atoms with Gasteiger partial charge in [0.05, 0.1) is 10.7 Å². The summed E-state index contributed by atoms with van der Waals surface area (Å²) in [6.07, 6.45) is 4.96. The van der Waals surface area contributed by atoms with Crippen LogP contribution in [0.15, 0.2) is 5.38 Å². The molecule has 1 aromatic rings. The summed E-state index contributed by atoms with van der Waals surface area (Å²) < 4.78 is 0. The molecule has 1 heterocycles. The van der Waals surface area contributed by atoms with Gasteiger partial charge in [0.25, 0.3) is 0 Å². The number of aromatic nitrogens is 1. The minimum Gasteiger partial charge on any atom is -0.330 e. The summed E-state index contributed by atoms with van der Waals surface area (Å²) in [6.45, 7) is 3.05. The molecule has 2 nitrogen and oxygen atoms in total. The minimum absolute atomic E-state index is 0.713. The van der Waals surface area contributed by atoms with Gasteiger partial charge in [-0.15, -0.1) is 11.3 Å². The van der Waals surface area contributed by atoms with Crippen LogP contribution in [0.2, 0.25) is 0 Å². The van der Waals surface area contributed by atoms with Crippen molar-refractivity contribution in [3.8, 4) is 0 Å². The van der Waals surface area contributed by atoms with E-state index in [1.165, 1.54) is 30.0 Å².